The third-order valence-electron chi connectivity index (χ3n) is 3.42. The molecule has 1 N–H and O–H groups in total. The van der Waals surface area contributed by atoms with Gasteiger partial charge in [0.2, 0.25) is 0 Å². The minimum absolute atomic E-state index is 0.279. The molecule has 2 nitrogen and oxygen atoms in total. The van der Waals surface area contributed by atoms with Gasteiger partial charge in [0.05, 0.1) is 5.56 Å². The molecule has 0 aromatic heterocycles. The molecule has 0 saturated heterocycles. The summed E-state index contributed by atoms with van der Waals surface area (Å²) in [4.78, 5) is 12.0. The molecule has 2 aromatic carbocycles. The smallest absolute Gasteiger partial charge is 0.254 e. The standard InChI is InChI=1S/C17H17F2NO/c1-17(2,12-6-4-3-5-7-12)11-20-16(21)14-10-13(18)8-9-15(14)19/h3-10H,11H2,1-2H3,(H,20,21). The number of hydrogen-bond donors (Lipinski definition) is 1. The van der Waals surface area contributed by atoms with Crippen LogP contribution >= 0.6 is 0 Å². The highest BCUT2D eigenvalue weighted by atomic mass is 19.1. The summed E-state index contributed by atoms with van der Waals surface area (Å²) >= 11 is 0. The molecule has 0 fully saturated rings. The number of rotatable bonds is 4. The topological polar surface area (TPSA) is 29.1 Å². The Balaban J connectivity index is 2.09. The van der Waals surface area contributed by atoms with Crippen LogP contribution in [-0.2, 0) is 5.41 Å². The van der Waals surface area contributed by atoms with Crippen molar-refractivity contribution in [2.24, 2.45) is 0 Å². The van der Waals surface area contributed by atoms with Gasteiger partial charge in [0.25, 0.3) is 5.91 Å². The minimum atomic E-state index is -0.730. The van der Waals surface area contributed by atoms with Gasteiger partial charge in [-0.3, -0.25) is 4.79 Å². The Kier molecular flexibility index (Phi) is 4.36. The molecule has 21 heavy (non-hydrogen) atoms. The maximum atomic E-state index is 13.5. The van der Waals surface area contributed by atoms with E-state index in [0.29, 0.717) is 6.54 Å². The molecule has 4 heteroatoms. The highest BCUT2D eigenvalue weighted by Crippen LogP contribution is 2.22. The van der Waals surface area contributed by atoms with Crippen LogP contribution < -0.4 is 5.32 Å². The molecule has 0 saturated carbocycles. The van der Waals surface area contributed by atoms with Crippen molar-refractivity contribution in [2.45, 2.75) is 19.3 Å². The van der Waals surface area contributed by atoms with Gasteiger partial charge in [-0.1, -0.05) is 44.2 Å². The molecule has 1 amide bonds. The van der Waals surface area contributed by atoms with Crippen molar-refractivity contribution >= 4 is 5.91 Å². The van der Waals surface area contributed by atoms with Crippen molar-refractivity contribution in [3.63, 3.8) is 0 Å². The van der Waals surface area contributed by atoms with Gasteiger partial charge in [-0.05, 0) is 23.8 Å². The predicted octanol–water partition coefficient (Wildman–Crippen LogP) is 3.67. The highest BCUT2D eigenvalue weighted by Gasteiger charge is 2.22. The second-order valence-corrected chi connectivity index (χ2v) is 5.56. The number of amides is 1. The second-order valence-electron chi connectivity index (χ2n) is 5.56. The lowest BCUT2D eigenvalue weighted by Gasteiger charge is -2.25. The molecule has 0 unspecified atom stereocenters. The Labute approximate surface area is 122 Å². The van der Waals surface area contributed by atoms with Gasteiger partial charge in [-0.2, -0.15) is 0 Å². The van der Waals surface area contributed by atoms with Gasteiger partial charge in [-0.25, -0.2) is 8.78 Å². The van der Waals surface area contributed by atoms with Gasteiger partial charge in [0, 0.05) is 12.0 Å². The van der Waals surface area contributed by atoms with E-state index in [1.807, 2.05) is 44.2 Å². The van der Waals surface area contributed by atoms with Crippen LogP contribution in [-0.4, -0.2) is 12.5 Å². The van der Waals surface area contributed by atoms with Gasteiger partial charge in [0.1, 0.15) is 11.6 Å². The number of carbonyl (C=O) groups excluding carboxylic acids is 1. The number of nitrogens with one attached hydrogen (secondary N) is 1. The lowest BCUT2D eigenvalue weighted by molar-refractivity contribution is 0.0941. The van der Waals surface area contributed by atoms with E-state index in [4.69, 9.17) is 0 Å². The largest absolute Gasteiger partial charge is 0.351 e. The van der Waals surface area contributed by atoms with Crippen molar-refractivity contribution < 1.29 is 13.6 Å². The first kappa shape index (κ1) is 15.2. The minimum Gasteiger partial charge on any atom is -0.351 e. The monoisotopic (exact) mass is 289 g/mol. The van der Waals surface area contributed by atoms with E-state index in [1.54, 1.807) is 0 Å². The van der Waals surface area contributed by atoms with E-state index in [1.165, 1.54) is 0 Å². The first-order valence-electron chi connectivity index (χ1n) is 6.69. The van der Waals surface area contributed by atoms with E-state index in [2.05, 4.69) is 5.32 Å². The molecular weight excluding hydrogens is 272 g/mol. The maximum Gasteiger partial charge on any atom is 0.254 e. The van der Waals surface area contributed by atoms with Crippen LogP contribution in [0.1, 0.15) is 29.8 Å². The third-order valence-corrected chi connectivity index (χ3v) is 3.42. The lowest BCUT2D eigenvalue weighted by atomic mass is 9.84. The molecular formula is C17H17F2NO. The molecule has 110 valence electrons. The first-order valence-corrected chi connectivity index (χ1v) is 6.69. The normalized spacial score (nSPS) is 11.2. The van der Waals surface area contributed by atoms with Crippen molar-refractivity contribution in [2.75, 3.05) is 6.54 Å². The van der Waals surface area contributed by atoms with Crippen LogP contribution in [0.4, 0.5) is 8.78 Å². The van der Waals surface area contributed by atoms with Crippen LogP contribution in [0.2, 0.25) is 0 Å². The first-order chi connectivity index (χ1) is 9.90. The molecule has 0 spiro atoms. The summed E-state index contributed by atoms with van der Waals surface area (Å²) in [5.41, 5.74) is 0.477. The van der Waals surface area contributed by atoms with Crippen molar-refractivity contribution in [1.29, 1.82) is 0 Å². The summed E-state index contributed by atoms with van der Waals surface area (Å²) in [5, 5.41) is 2.66. The average molecular weight is 289 g/mol. The van der Waals surface area contributed by atoms with E-state index in [-0.39, 0.29) is 11.0 Å². The molecule has 0 atom stereocenters. The van der Waals surface area contributed by atoms with Crippen LogP contribution in [0.3, 0.4) is 0 Å². The molecule has 0 aliphatic heterocycles. The summed E-state index contributed by atoms with van der Waals surface area (Å²) < 4.78 is 26.6. The van der Waals surface area contributed by atoms with Crippen LogP contribution in [0, 0.1) is 11.6 Å². The number of halogens is 2. The summed E-state index contributed by atoms with van der Waals surface area (Å²) in [5.74, 6) is -1.98. The summed E-state index contributed by atoms with van der Waals surface area (Å²) in [6.07, 6.45) is 0. The predicted molar refractivity (Wildman–Crippen MR) is 78.2 cm³/mol. The Morgan fingerprint density at radius 2 is 1.76 bits per heavy atom. The van der Waals surface area contributed by atoms with Gasteiger partial charge in [0.15, 0.2) is 0 Å². The van der Waals surface area contributed by atoms with E-state index in [9.17, 15) is 13.6 Å². The molecule has 0 radical (unpaired) electrons. The average Bonchev–Trinajstić information content (AvgIpc) is 2.48. The molecule has 2 aromatic rings. The Hall–Kier alpha value is -2.23. The third kappa shape index (κ3) is 3.66. The summed E-state index contributed by atoms with van der Waals surface area (Å²) in [6, 6.07) is 12.5. The van der Waals surface area contributed by atoms with Crippen LogP contribution in [0.15, 0.2) is 48.5 Å². The molecule has 0 bridgehead atoms. The molecule has 0 aliphatic rings. The zero-order chi connectivity index (χ0) is 15.5. The molecule has 0 heterocycles. The highest BCUT2D eigenvalue weighted by molar-refractivity contribution is 5.94. The fraction of sp³-hybridized carbons (Fsp3) is 0.235. The van der Waals surface area contributed by atoms with E-state index >= 15 is 0 Å². The van der Waals surface area contributed by atoms with Crippen LogP contribution in [0.25, 0.3) is 0 Å². The van der Waals surface area contributed by atoms with Gasteiger partial charge in [-0.15, -0.1) is 0 Å². The van der Waals surface area contributed by atoms with Crippen molar-refractivity contribution in [3.8, 4) is 0 Å². The Morgan fingerprint density at radius 3 is 2.43 bits per heavy atom. The second kappa shape index (κ2) is 6.04. The van der Waals surface area contributed by atoms with E-state index in [0.717, 1.165) is 23.8 Å². The SMILES string of the molecule is CC(C)(CNC(=O)c1cc(F)ccc1F)c1ccccc1. The zero-order valence-electron chi connectivity index (χ0n) is 12.0. The quantitative estimate of drug-likeness (QED) is 0.914. The van der Waals surface area contributed by atoms with Crippen LogP contribution in [0.5, 0.6) is 0 Å². The van der Waals surface area contributed by atoms with E-state index < -0.39 is 17.5 Å². The molecule has 2 rings (SSSR count). The van der Waals surface area contributed by atoms with Gasteiger partial charge >= 0.3 is 0 Å². The number of benzene rings is 2. The lowest BCUT2D eigenvalue weighted by Crippen LogP contribution is -2.37. The maximum absolute atomic E-state index is 13.5. The number of hydrogen-bond acceptors (Lipinski definition) is 1. The fourth-order valence-electron chi connectivity index (χ4n) is 2.06. The Morgan fingerprint density at radius 1 is 1.10 bits per heavy atom. The fourth-order valence-corrected chi connectivity index (χ4v) is 2.06. The summed E-state index contributed by atoms with van der Waals surface area (Å²) in [7, 11) is 0. The zero-order valence-corrected chi connectivity index (χ0v) is 12.0. The Bertz CT molecular complexity index is 638. The van der Waals surface area contributed by atoms with Gasteiger partial charge < -0.3 is 5.32 Å². The van der Waals surface area contributed by atoms with Crippen molar-refractivity contribution in [3.05, 3.63) is 71.3 Å². The van der Waals surface area contributed by atoms with Crippen molar-refractivity contribution in [1.82, 2.24) is 5.32 Å². The summed E-state index contributed by atoms with van der Waals surface area (Å²) in [6.45, 7) is 4.28. The molecule has 0 aliphatic carbocycles. The number of carbonyl (C=O) groups is 1.